The Labute approximate surface area is 117 Å². The first-order chi connectivity index (χ1) is 9.19. The fourth-order valence-electron chi connectivity index (χ4n) is 3.06. The molecule has 2 bridgehead atoms. The molecule has 102 valence electrons. The fourth-order valence-corrected chi connectivity index (χ4v) is 3.19. The summed E-state index contributed by atoms with van der Waals surface area (Å²) in [5.41, 5.74) is 0.763. The maximum Gasteiger partial charge on any atom is 0.319 e. The number of fused-ring (bicyclic) bond motifs is 2. The summed E-state index contributed by atoms with van der Waals surface area (Å²) < 4.78 is 0. The third-order valence-corrected chi connectivity index (χ3v) is 4.16. The van der Waals surface area contributed by atoms with Gasteiger partial charge >= 0.3 is 6.03 Å². The van der Waals surface area contributed by atoms with Crippen molar-refractivity contribution in [2.75, 3.05) is 5.32 Å². The molecule has 2 atom stereocenters. The number of carbonyl (C=O) groups excluding carboxylic acids is 1. The number of piperidine rings is 1. The lowest BCUT2D eigenvalue weighted by Gasteiger charge is -2.29. The van der Waals surface area contributed by atoms with Crippen molar-refractivity contribution in [2.24, 2.45) is 0 Å². The summed E-state index contributed by atoms with van der Waals surface area (Å²) in [6.07, 6.45) is 4.54. The van der Waals surface area contributed by atoms with E-state index < -0.39 is 0 Å². The van der Waals surface area contributed by atoms with Crippen molar-refractivity contribution in [3.8, 4) is 0 Å². The number of hydrogen-bond acceptors (Lipinski definition) is 2. The minimum absolute atomic E-state index is 0.131. The highest BCUT2D eigenvalue weighted by molar-refractivity contribution is 6.30. The first-order valence-electron chi connectivity index (χ1n) is 6.78. The Kier molecular flexibility index (Phi) is 3.62. The number of hydrogen-bond donors (Lipinski definition) is 3. The highest BCUT2D eigenvalue weighted by Crippen LogP contribution is 2.26. The summed E-state index contributed by atoms with van der Waals surface area (Å²) >= 11 is 5.81. The SMILES string of the molecule is O=C(Nc1ccc(Cl)cc1)NC1CC2CCC(C1)N2. The highest BCUT2D eigenvalue weighted by atomic mass is 35.5. The predicted molar refractivity (Wildman–Crippen MR) is 76.6 cm³/mol. The third-order valence-electron chi connectivity index (χ3n) is 3.91. The van der Waals surface area contributed by atoms with E-state index in [1.165, 1.54) is 12.8 Å². The summed E-state index contributed by atoms with van der Waals surface area (Å²) in [7, 11) is 0. The molecule has 0 radical (unpaired) electrons. The molecule has 5 heteroatoms. The summed E-state index contributed by atoms with van der Waals surface area (Å²) in [6, 6.07) is 8.45. The van der Waals surface area contributed by atoms with Crippen molar-refractivity contribution in [3.05, 3.63) is 29.3 Å². The van der Waals surface area contributed by atoms with Crippen LogP contribution in [-0.2, 0) is 0 Å². The standard InChI is InChI=1S/C14H18ClN3O/c15-9-1-3-10(4-2-9)17-14(19)18-13-7-11-5-6-12(8-13)16-11/h1-4,11-13,16H,5-8H2,(H2,17,18,19). The number of amides is 2. The zero-order valence-corrected chi connectivity index (χ0v) is 11.4. The molecular weight excluding hydrogens is 262 g/mol. The van der Waals surface area contributed by atoms with Crippen LogP contribution in [0.4, 0.5) is 10.5 Å². The van der Waals surface area contributed by atoms with Gasteiger partial charge in [-0.05, 0) is 49.9 Å². The first kappa shape index (κ1) is 12.8. The van der Waals surface area contributed by atoms with Gasteiger partial charge in [0.15, 0.2) is 0 Å². The van der Waals surface area contributed by atoms with E-state index in [-0.39, 0.29) is 12.1 Å². The molecule has 2 aliphatic heterocycles. The van der Waals surface area contributed by atoms with Gasteiger partial charge in [0.25, 0.3) is 0 Å². The predicted octanol–water partition coefficient (Wildman–Crippen LogP) is 2.74. The maximum atomic E-state index is 11.9. The van der Waals surface area contributed by atoms with Crippen LogP contribution in [0.15, 0.2) is 24.3 Å². The summed E-state index contributed by atoms with van der Waals surface area (Å²) in [5.74, 6) is 0. The molecule has 0 saturated carbocycles. The normalized spacial score (nSPS) is 29.0. The van der Waals surface area contributed by atoms with E-state index in [0.717, 1.165) is 18.5 Å². The van der Waals surface area contributed by atoms with Crippen LogP contribution in [0.5, 0.6) is 0 Å². The molecule has 2 amide bonds. The van der Waals surface area contributed by atoms with Crippen molar-refractivity contribution in [3.63, 3.8) is 0 Å². The van der Waals surface area contributed by atoms with Crippen molar-refractivity contribution in [1.82, 2.24) is 10.6 Å². The van der Waals surface area contributed by atoms with Crippen LogP contribution < -0.4 is 16.0 Å². The number of nitrogens with one attached hydrogen (secondary N) is 3. The van der Waals surface area contributed by atoms with Gasteiger partial charge in [0.05, 0.1) is 0 Å². The summed E-state index contributed by atoms with van der Waals surface area (Å²) in [4.78, 5) is 11.9. The summed E-state index contributed by atoms with van der Waals surface area (Å²) in [6.45, 7) is 0. The molecule has 3 rings (SSSR count). The van der Waals surface area contributed by atoms with E-state index >= 15 is 0 Å². The topological polar surface area (TPSA) is 53.2 Å². The monoisotopic (exact) mass is 279 g/mol. The Balaban J connectivity index is 1.52. The van der Waals surface area contributed by atoms with E-state index in [9.17, 15) is 4.79 Å². The molecule has 4 nitrogen and oxygen atoms in total. The van der Waals surface area contributed by atoms with E-state index in [2.05, 4.69) is 16.0 Å². The summed E-state index contributed by atoms with van der Waals surface area (Å²) in [5, 5.41) is 10.1. The average Bonchev–Trinajstić information content (AvgIpc) is 2.72. The average molecular weight is 280 g/mol. The van der Waals surface area contributed by atoms with Crippen LogP contribution in [0.2, 0.25) is 5.02 Å². The van der Waals surface area contributed by atoms with Gasteiger partial charge in [-0.1, -0.05) is 11.6 Å². The molecule has 2 aliphatic rings. The lowest BCUT2D eigenvalue weighted by Crippen LogP contribution is -2.49. The molecule has 3 N–H and O–H groups in total. The number of rotatable bonds is 2. The smallest absolute Gasteiger partial charge is 0.319 e. The van der Waals surface area contributed by atoms with Crippen LogP contribution in [0, 0.1) is 0 Å². The minimum Gasteiger partial charge on any atom is -0.335 e. The third kappa shape index (κ3) is 3.19. The van der Waals surface area contributed by atoms with Gasteiger partial charge in [-0.25, -0.2) is 4.79 Å². The Morgan fingerprint density at radius 3 is 2.42 bits per heavy atom. The van der Waals surface area contributed by atoms with Gasteiger partial charge in [-0.15, -0.1) is 0 Å². The van der Waals surface area contributed by atoms with E-state index in [1.807, 2.05) is 0 Å². The van der Waals surface area contributed by atoms with Crippen LogP contribution >= 0.6 is 11.6 Å². The number of urea groups is 1. The molecule has 0 aromatic heterocycles. The zero-order valence-electron chi connectivity index (χ0n) is 10.7. The van der Waals surface area contributed by atoms with Gasteiger partial charge in [0.2, 0.25) is 0 Å². The van der Waals surface area contributed by atoms with Crippen LogP contribution in [0.3, 0.4) is 0 Å². The fraction of sp³-hybridized carbons (Fsp3) is 0.500. The number of halogens is 1. The van der Waals surface area contributed by atoms with E-state index in [0.29, 0.717) is 17.1 Å². The van der Waals surface area contributed by atoms with Crippen molar-refractivity contribution in [2.45, 2.75) is 43.8 Å². The molecule has 0 aliphatic carbocycles. The molecule has 0 spiro atoms. The van der Waals surface area contributed by atoms with E-state index in [1.54, 1.807) is 24.3 Å². The largest absolute Gasteiger partial charge is 0.335 e. The minimum atomic E-state index is -0.131. The lowest BCUT2D eigenvalue weighted by molar-refractivity contribution is 0.240. The zero-order chi connectivity index (χ0) is 13.2. The van der Waals surface area contributed by atoms with Gasteiger partial charge in [0, 0.05) is 28.8 Å². The van der Waals surface area contributed by atoms with Gasteiger partial charge in [-0.3, -0.25) is 0 Å². The highest BCUT2D eigenvalue weighted by Gasteiger charge is 2.33. The maximum absolute atomic E-state index is 11.9. The van der Waals surface area contributed by atoms with Crippen molar-refractivity contribution in [1.29, 1.82) is 0 Å². The Bertz CT molecular complexity index is 450. The van der Waals surface area contributed by atoms with E-state index in [4.69, 9.17) is 11.6 Å². The second-order valence-electron chi connectivity index (χ2n) is 5.41. The molecule has 2 fully saturated rings. The van der Waals surface area contributed by atoms with Crippen molar-refractivity contribution >= 4 is 23.3 Å². The molecule has 2 saturated heterocycles. The molecule has 19 heavy (non-hydrogen) atoms. The number of benzene rings is 1. The number of carbonyl (C=O) groups is 1. The van der Waals surface area contributed by atoms with Gasteiger partial charge in [-0.2, -0.15) is 0 Å². The second kappa shape index (κ2) is 5.39. The lowest BCUT2D eigenvalue weighted by atomic mass is 10.0. The quantitative estimate of drug-likeness (QED) is 0.780. The Morgan fingerprint density at radius 1 is 1.16 bits per heavy atom. The van der Waals surface area contributed by atoms with Crippen molar-refractivity contribution < 1.29 is 4.79 Å². The molecule has 1 aromatic carbocycles. The Hall–Kier alpha value is -1.26. The van der Waals surface area contributed by atoms with Gasteiger partial charge < -0.3 is 16.0 Å². The number of anilines is 1. The second-order valence-corrected chi connectivity index (χ2v) is 5.85. The van der Waals surface area contributed by atoms with Gasteiger partial charge in [0.1, 0.15) is 0 Å². The molecule has 2 heterocycles. The Morgan fingerprint density at radius 2 is 1.79 bits per heavy atom. The molecule has 1 aromatic rings. The van der Waals surface area contributed by atoms with Crippen LogP contribution in [-0.4, -0.2) is 24.2 Å². The molecule has 2 unspecified atom stereocenters. The van der Waals surface area contributed by atoms with Crippen LogP contribution in [0.25, 0.3) is 0 Å². The molecular formula is C14H18ClN3O. The van der Waals surface area contributed by atoms with Crippen LogP contribution in [0.1, 0.15) is 25.7 Å². The first-order valence-corrected chi connectivity index (χ1v) is 7.16.